The molecule has 1 aromatic carbocycles. The molecule has 3 aliphatic heterocycles. The molecule has 3 aliphatic rings. The van der Waals surface area contributed by atoms with Gasteiger partial charge in [0.05, 0.1) is 18.2 Å². The number of carbonyl (C=O) groups is 5. The minimum atomic E-state index is -1.22. The second-order valence-corrected chi connectivity index (χ2v) is 15.2. The predicted octanol–water partition coefficient (Wildman–Crippen LogP) is 3.92. The SMILES string of the molecule is CC(C)CC(=O)N1CC[C@H]2CC[C@@H](C(=O)NC3CCOc4cc(F)ccc43)N2C(=O)[C@@H](NC(=O)[C@H](C)N(C)C(=O)OC(C)(C)C)C1(C)C. The van der Waals surface area contributed by atoms with Crippen molar-refractivity contribution in [2.45, 2.75) is 129 Å². The number of nitrogens with zero attached hydrogens (tertiary/aromatic N) is 3. The lowest BCUT2D eigenvalue weighted by molar-refractivity contribution is -0.154. The van der Waals surface area contributed by atoms with E-state index < -0.39 is 59.0 Å². The first-order valence-corrected chi connectivity index (χ1v) is 16.9. The van der Waals surface area contributed by atoms with Crippen LogP contribution in [-0.2, 0) is 23.9 Å². The van der Waals surface area contributed by atoms with Crippen molar-refractivity contribution in [1.29, 1.82) is 0 Å². The third-order valence-electron chi connectivity index (χ3n) is 9.54. The molecule has 2 saturated heterocycles. The van der Waals surface area contributed by atoms with Crippen LogP contribution >= 0.6 is 0 Å². The summed E-state index contributed by atoms with van der Waals surface area (Å²) in [5.41, 5.74) is -1.29. The number of ether oxygens (including phenoxy) is 2. The van der Waals surface area contributed by atoms with Crippen molar-refractivity contribution >= 4 is 29.7 Å². The first-order valence-electron chi connectivity index (χ1n) is 16.9. The Morgan fingerprint density at radius 2 is 1.77 bits per heavy atom. The van der Waals surface area contributed by atoms with E-state index in [1.807, 2.05) is 13.8 Å². The molecule has 0 saturated carbocycles. The van der Waals surface area contributed by atoms with E-state index in [0.717, 1.165) is 4.90 Å². The molecule has 12 nitrogen and oxygen atoms in total. The van der Waals surface area contributed by atoms with Gasteiger partial charge in [-0.1, -0.05) is 19.9 Å². The number of amides is 5. The van der Waals surface area contributed by atoms with Crippen LogP contribution in [0.3, 0.4) is 0 Å². The molecule has 266 valence electrons. The maximum absolute atomic E-state index is 14.7. The van der Waals surface area contributed by atoms with Crippen molar-refractivity contribution in [3.8, 4) is 5.75 Å². The van der Waals surface area contributed by atoms with Crippen LogP contribution in [0.2, 0.25) is 0 Å². The van der Waals surface area contributed by atoms with Crippen LogP contribution in [0.15, 0.2) is 18.2 Å². The molecule has 0 aromatic heterocycles. The van der Waals surface area contributed by atoms with E-state index in [2.05, 4.69) is 10.6 Å². The number of nitrogens with one attached hydrogen (secondary N) is 2. The zero-order chi connectivity index (χ0) is 35.7. The normalized spacial score (nSPS) is 24.4. The monoisotopic (exact) mass is 673 g/mol. The molecule has 1 aromatic rings. The van der Waals surface area contributed by atoms with Crippen LogP contribution in [0.25, 0.3) is 0 Å². The summed E-state index contributed by atoms with van der Waals surface area (Å²) in [5, 5.41) is 5.95. The molecule has 2 fully saturated rings. The first-order chi connectivity index (χ1) is 22.3. The molecule has 4 rings (SSSR count). The number of carbonyl (C=O) groups excluding carboxylic acids is 5. The second-order valence-electron chi connectivity index (χ2n) is 15.2. The number of hydrogen-bond donors (Lipinski definition) is 2. The number of rotatable bonds is 7. The number of hydrogen-bond acceptors (Lipinski definition) is 7. The summed E-state index contributed by atoms with van der Waals surface area (Å²) in [7, 11) is 1.45. The number of likely N-dealkylation sites (N-methyl/N-ethyl adjacent to an activating group) is 1. The Morgan fingerprint density at radius 3 is 2.42 bits per heavy atom. The second kappa shape index (κ2) is 14.3. The maximum atomic E-state index is 14.7. The highest BCUT2D eigenvalue weighted by atomic mass is 19.1. The maximum Gasteiger partial charge on any atom is 0.410 e. The average Bonchev–Trinajstić information content (AvgIpc) is 3.40. The van der Waals surface area contributed by atoms with Crippen LogP contribution in [0, 0.1) is 11.7 Å². The summed E-state index contributed by atoms with van der Waals surface area (Å²) in [4.78, 5) is 73.2. The molecule has 0 bridgehead atoms. The molecular weight excluding hydrogens is 621 g/mol. The zero-order valence-corrected chi connectivity index (χ0v) is 29.7. The quantitative estimate of drug-likeness (QED) is 0.448. The van der Waals surface area contributed by atoms with Gasteiger partial charge in [0.15, 0.2) is 0 Å². The van der Waals surface area contributed by atoms with Crippen LogP contribution in [-0.4, -0.2) is 99.9 Å². The fourth-order valence-corrected chi connectivity index (χ4v) is 6.79. The third kappa shape index (κ3) is 8.03. The summed E-state index contributed by atoms with van der Waals surface area (Å²) < 4.78 is 24.9. The number of fused-ring (bicyclic) bond motifs is 2. The van der Waals surface area contributed by atoms with Crippen molar-refractivity contribution in [2.75, 3.05) is 20.2 Å². The van der Waals surface area contributed by atoms with Crippen LogP contribution in [0.1, 0.15) is 99.1 Å². The van der Waals surface area contributed by atoms with Gasteiger partial charge in [-0.05, 0) is 72.8 Å². The smallest absolute Gasteiger partial charge is 0.410 e. The summed E-state index contributed by atoms with van der Waals surface area (Å²) in [5.74, 6) is -1.53. The summed E-state index contributed by atoms with van der Waals surface area (Å²) in [6, 6.07) is 0.401. The lowest BCUT2D eigenvalue weighted by atomic mass is 9.87. The molecule has 0 radical (unpaired) electrons. The molecule has 0 spiro atoms. The van der Waals surface area contributed by atoms with Crippen LogP contribution in [0.4, 0.5) is 9.18 Å². The van der Waals surface area contributed by atoms with E-state index in [4.69, 9.17) is 9.47 Å². The van der Waals surface area contributed by atoms with E-state index in [0.29, 0.717) is 50.1 Å². The minimum absolute atomic E-state index is 0.0767. The Labute approximate surface area is 283 Å². The van der Waals surface area contributed by atoms with Crippen molar-refractivity contribution in [3.63, 3.8) is 0 Å². The van der Waals surface area contributed by atoms with Gasteiger partial charge in [-0.3, -0.25) is 24.1 Å². The highest BCUT2D eigenvalue weighted by Crippen LogP contribution is 2.36. The summed E-state index contributed by atoms with van der Waals surface area (Å²) in [6.07, 6.45) is 1.48. The Kier molecular flexibility index (Phi) is 11.0. The molecule has 3 heterocycles. The first kappa shape index (κ1) is 36.9. The molecular formula is C35H52FN5O7. The van der Waals surface area contributed by atoms with Crippen LogP contribution < -0.4 is 15.4 Å². The van der Waals surface area contributed by atoms with E-state index in [1.165, 1.54) is 26.1 Å². The van der Waals surface area contributed by atoms with E-state index in [1.54, 1.807) is 50.5 Å². The van der Waals surface area contributed by atoms with Crippen molar-refractivity contribution < 1.29 is 37.8 Å². The predicted molar refractivity (Wildman–Crippen MR) is 176 cm³/mol. The largest absolute Gasteiger partial charge is 0.493 e. The van der Waals surface area contributed by atoms with E-state index in [9.17, 15) is 28.4 Å². The van der Waals surface area contributed by atoms with Crippen molar-refractivity contribution in [2.24, 2.45) is 5.92 Å². The fraction of sp³-hybridized carbons (Fsp3) is 0.686. The van der Waals surface area contributed by atoms with Gasteiger partial charge in [0, 0.05) is 44.1 Å². The van der Waals surface area contributed by atoms with Crippen LogP contribution in [0.5, 0.6) is 5.75 Å². The highest BCUT2D eigenvalue weighted by Gasteiger charge is 2.52. The number of benzene rings is 1. The van der Waals surface area contributed by atoms with Crippen molar-refractivity contribution in [1.82, 2.24) is 25.3 Å². The van der Waals surface area contributed by atoms with Gasteiger partial charge in [0.25, 0.3) is 0 Å². The van der Waals surface area contributed by atoms with Gasteiger partial charge in [0.2, 0.25) is 23.6 Å². The Bertz CT molecular complexity index is 1410. The van der Waals surface area contributed by atoms with Gasteiger partial charge >= 0.3 is 6.09 Å². The van der Waals surface area contributed by atoms with Gasteiger partial charge in [-0.15, -0.1) is 0 Å². The highest BCUT2D eigenvalue weighted by molar-refractivity contribution is 5.96. The molecule has 5 atom stereocenters. The van der Waals surface area contributed by atoms with Gasteiger partial charge in [-0.25, -0.2) is 9.18 Å². The molecule has 13 heteroatoms. The molecule has 5 amide bonds. The zero-order valence-electron chi connectivity index (χ0n) is 29.7. The van der Waals surface area contributed by atoms with E-state index >= 15 is 0 Å². The van der Waals surface area contributed by atoms with Gasteiger partial charge < -0.3 is 29.9 Å². The summed E-state index contributed by atoms with van der Waals surface area (Å²) >= 11 is 0. The summed E-state index contributed by atoms with van der Waals surface area (Å²) in [6.45, 7) is 14.7. The van der Waals surface area contributed by atoms with E-state index in [-0.39, 0.29) is 30.2 Å². The lowest BCUT2D eigenvalue weighted by Crippen LogP contribution is -2.70. The van der Waals surface area contributed by atoms with Gasteiger partial charge in [-0.2, -0.15) is 0 Å². The third-order valence-corrected chi connectivity index (χ3v) is 9.54. The number of halogens is 1. The molecule has 1 unspecified atom stereocenters. The molecule has 2 N–H and O–H groups in total. The average molecular weight is 674 g/mol. The topological polar surface area (TPSA) is 138 Å². The molecule has 0 aliphatic carbocycles. The standard InChI is InChI=1S/C35H52FN5O7/c1-20(2)18-28(42)40-16-14-23-11-13-26(31(44)37-25-15-17-47-27-19-22(36)10-12-24(25)27)41(23)32(45)29(35(40,7)8)38-30(43)21(3)39(9)33(46)48-34(4,5)6/h10,12,19-21,23,25-26,29H,11,13-18H2,1-9H3,(H,37,44)(H,38,43)/t21-,23+,25?,26-,29+/m0/s1. The van der Waals surface area contributed by atoms with Gasteiger partial charge in [0.1, 0.15) is 35.3 Å². The Balaban J connectivity index is 1.63. The minimum Gasteiger partial charge on any atom is -0.493 e. The molecule has 48 heavy (non-hydrogen) atoms. The Hall–Kier alpha value is -3.90. The lowest BCUT2D eigenvalue weighted by Gasteiger charge is -2.49. The fourth-order valence-electron chi connectivity index (χ4n) is 6.79. The van der Waals surface area contributed by atoms with Crippen molar-refractivity contribution in [3.05, 3.63) is 29.6 Å². The Morgan fingerprint density at radius 1 is 1.08 bits per heavy atom.